The summed E-state index contributed by atoms with van der Waals surface area (Å²) in [4.78, 5) is 14.2. The fourth-order valence-corrected chi connectivity index (χ4v) is 3.27. The molecule has 0 spiro atoms. The average Bonchev–Trinajstić information content (AvgIpc) is 2.74. The number of sulfonamides is 2. The molecule has 4 N–H and O–H groups in total. The van der Waals surface area contributed by atoms with Crippen molar-refractivity contribution >= 4 is 32.5 Å². The molecule has 9 nitrogen and oxygen atoms in total. The van der Waals surface area contributed by atoms with Gasteiger partial charge in [0.1, 0.15) is 6.29 Å². The summed E-state index contributed by atoms with van der Waals surface area (Å²) in [5.74, 6) is 4.84. The van der Waals surface area contributed by atoms with Crippen LogP contribution >= 0.6 is 0 Å². The van der Waals surface area contributed by atoms with Crippen LogP contribution in [0, 0.1) is 24.7 Å². The first-order valence-corrected chi connectivity index (χ1v) is 13.7. The van der Waals surface area contributed by atoms with Crippen molar-refractivity contribution in [2.45, 2.75) is 65.2 Å². The zero-order valence-corrected chi connectivity index (χ0v) is 23.3. The van der Waals surface area contributed by atoms with Gasteiger partial charge in [-0.15, -0.1) is 0 Å². The van der Waals surface area contributed by atoms with Gasteiger partial charge in [0.2, 0.25) is 0 Å². The van der Waals surface area contributed by atoms with Gasteiger partial charge in [0.05, 0.1) is 9.79 Å². The maximum absolute atomic E-state index is 11.8. The molecule has 0 unspecified atom stereocenters. The third kappa shape index (κ3) is 14.4. The van der Waals surface area contributed by atoms with E-state index < -0.39 is 20.0 Å². The normalized spacial score (nSPS) is 12.1. The summed E-state index contributed by atoms with van der Waals surface area (Å²) >= 11 is 0. The van der Waals surface area contributed by atoms with E-state index in [0.29, 0.717) is 0 Å². The number of hydrogen-bond acceptors (Lipinski definition) is 7. The van der Waals surface area contributed by atoms with Gasteiger partial charge in [0, 0.05) is 11.6 Å². The third-order valence-corrected chi connectivity index (χ3v) is 6.24. The maximum atomic E-state index is 11.8. The fraction of sp³-hybridized carbons (Fsp3) is 0.417. The van der Waals surface area contributed by atoms with Crippen molar-refractivity contribution in [1.29, 1.82) is 0 Å². The minimum atomic E-state index is -3.55. The Hall–Kier alpha value is -2.60. The number of benzene rings is 2. The number of hydrazone groups is 1. The van der Waals surface area contributed by atoms with Crippen molar-refractivity contribution in [2.75, 3.05) is 0 Å². The van der Waals surface area contributed by atoms with Gasteiger partial charge in [-0.05, 0) is 43.5 Å². The largest absolute Gasteiger partial charge is 0.303 e. The molecule has 0 aliphatic rings. The number of nitrogens with zero attached hydrogens (tertiary/aromatic N) is 1. The highest BCUT2D eigenvalue weighted by Crippen LogP contribution is 2.11. The molecule has 35 heavy (non-hydrogen) atoms. The van der Waals surface area contributed by atoms with Crippen LogP contribution in [-0.2, 0) is 24.8 Å². The van der Waals surface area contributed by atoms with Gasteiger partial charge in [-0.2, -0.15) is 18.4 Å². The molecule has 2 rings (SSSR count). The molecule has 0 saturated carbocycles. The summed E-state index contributed by atoms with van der Waals surface area (Å²) < 4.78 is 45.8. The number of nitrogens with one attached hydrogen (secondary N) is 2. The molecule has 2 aromatic carbocycles. The molecule has 0 amide bonds. The summed E-state index contributed by atoms with van der Waals surface area (Å²) in [6.07, 6.45) is 2.51. The SMILES string of the molecule is CC(C)(C)C=O.Cc1ccc(S(=O)(=O)N/N=C\C(C)(C)C)cc1.Cc1ccc(S(=O)(=O)NN)cc1. The quantitative estimate of drug-likeness (QED) is 0.234. The van der Waals surface area contributed by atoms with E-state index in [0.717, 1.165) is 17.4 Å². The van der Waals surface area contributed by atoms with Gasteiger partial charge in [-0.25, -0.2) is 13.2 Å². The molecule has 0 aliphatic heterocycles. The van der Waals surface area contributed by atoms with Gasteiger partial charge in [-0.1, -0.05) is 76.9 Å². The Morgan fingerprint density at radius 3 is 1.34 bits per heavy atom. The van der Waals surface area contributed by atoms with E-state index in [-0.39, 0.29) is 20.6 Å². The number of rotatable bonds is 5. The highest BCUT2D eigenvalue weighted by Gasteiger charge is 2.13. The van der Waals surface area contributed by atoms with Crippen LogP contribution < -0.4 is 15.5 Å². The third-order valence-electron chi connectivity index (χ3n) is 3.80. The van der Waals surface area contributed by atoms with Gasteiger partial charge >= 0.3 is 0 Å². The number of carbonyl (C=O) groups excluding carboxylic acids is 1. The van der Waals surface area contributed by atoms with Crippen LogP contribution in [0.4, 0.5) is 0 Å². The van der Waals surface area contributed by atoms with E-state index in [1.54, 1.807) is 47.4 Å². The highest BCUT2D eigenvalue weighted by atomic mass is 32.2. The molecule has 0 fully saturated rings. The number of nitrogens with two attached hydrogens (primary N) is 1. The molecule has 0 heterocycles. The van der Waals surface area contributed by atoms with Crippen LogP contribution in [0.3, 0.4) is 0 Å². The zero-order valence-electron chi connectivity index (χ0n) is 21.7. The fourth-order valence-electron chi connectivity index (χ4n) is 1.84. The van der Waals surface area contributed by atoms with E-state index in [2.05, 4.69) is 9.93 Å². The Labute approximate surface area is 210 Å². The standard InChI is InChI=1S/C12H18N2O2S.C7H10N2O2S.C5H10O/c1-10-5-7-11(8-6-10)17(15,16)14-13-9-12(2,3)4;1-6-2-4-7(5-3-6)12(10,11)9-8;1-5(2,3)4-6/h5-9,14H,1-4H3;2-5,9H,8H2,1H3;4H,1-3H3/b13-9-;;. The second-order valence-electron chi connectivity index (χ2n) is 9.95. The molecule has 0 radical (unpaired) electrons. The van der Waals surface area contributed by atoms with E-state index in [1.165, 1.54) is 12.1 Å². The highest BCUT2D eigenvalue weighted by molar-refractivity contribution is 7.89. The summed E-state index contributed by atoms with van der Waals surface area (Å²) in [5.41, 5.74) is 1.73. The molecule has 0 aliphatic carbocycles. The lowest BCUT2D eigenvalue weighted by molar-refractivity contribution is -0.113. The molecule has 0 aromatic heterocycles. The predicted octanol–water partition coefficient (Wildman–Crippen LogP) is 3.68. The monoisotopic (exact) mass is 526 g/mol. The van der Waals surface area contributed by atoms with Gasteiger partial charge < -0.3 is 4.79 Å². The average molecular weight is 527 g/mol. The van der Waals surface area contributed by atoms with Crippen molar-refractivity contribution < 1.29 is 21.6 Å². The summed E-state index contributed by atoms with van der Waals surface area (Å²) in [6, 6.07) is 13.1. The Balaban J connectivity index is 0.000000557. The summed E-state index contributed by atoms with van der Waals surface area (Å²) in [7, 11) is -7.03. The van der Waals surface area contributed by atoms with E-state index >= 15 is 0 Å². The second-order valence-corrected chi connectivity index (χ2v) is 13.3. The van der Waals surface area contributed by atoms with Gasteiger partial charge in [0.15, 0.2) is 0 Å². The lowest BCUT2D eigenvalue weighted by Crippen LogP contribution is -2.30. The first-order chi connectivity index (χ1) is 15.8. The molecular weight excluding hydrogens is 488 g/mol. The second kappa shape index (κ2) is 13.5. The molecule has 2 aromatic rings. The Bertz CT molecular complexity index is 1160. The minimum absolute atomic E-state index is 0.139. The molecule has 196 valence electrons. The summed E-state index contributed by atoms with van der Waals surface area (Å²) in [6.45, 7) is 15.2. The van der Waals surface area contributed by atoms with Crippen molar-refractivity contribution in [3.8, 4) is 0 Å². The molecule has 0 saturated heterocycles. The van der Waals surface area contributed by atoms with Crippen LogP contribution in [-0.4, -0.2) is 29.3 Å². The number of aryl methyl sites for hydroxylation is 2. The number of aldehydes is 1. The minimum Gasteiger partial charge on any atom is -0.303 e. The lowest BCUT2D eigenvalue weighted by atomic mass is 9.99. The van der Waals surface area contributed by atoms with Crippen LogP contribution in [0.25, 0.3) is 0 Å². The Morgan fingerprint density at radius 2 is 1.06 bits per heavy atom. The van der Waals surface area contributed by atoms with E-state index in [1.807, 2.05) is 55.4 Å². The lowest BCUT2D eigenvalue weighted by Gasteiger charge is -2.10. The molecule has 0 atom stereocenters. The first kappa shape index (κ1) is 32.4. The van der Waals surface area contributed by atoms with Crippen LogP contribution in [0.2, 0.25) is 0 Å². The Morgan fingerprint density at radius 1 is 0.714 bits per heavy atom. The smallest absolute Gasteiger partial charge is 0.276 e. The molecular formula is C24H38N4O5S2. The number of carbonyl (C=O) groups is 1. The topological polar surface area (TPSA) is 148 Å². The van der Waals surface area contributed by atoms with Crippen molar-refractivity contribution in [1.82, 2.24) is 9.66 Å². The molecule has 11 heteroatoms. The van der Waals surface area contributed by atoms with Crippen molar-refractivity contribution in [3.63, 3.8) is 0 Å². The van der Waals surface area contributed by atoms with E-state index in [4.69, 9.17) is 5.84 Å². The van der Waals surface area contributed by atoms with Crippen molar-refractivity contribution in [2.24, 2.45) is 21.8 Å². The first-order valence-electron chi connectivity index (χ1n) is 10.7. The van der Waals surface area contributed by atoms with E-state index in [9.17, 15) is 21.6 Å². The number of hydrazine groups is 1. The van der Waals surface area contributed by atoms with Gasteiger partial charge in [0.25, 0.3) is 20.0 Å². The zero-order chi connectivity index (χ0) is 27.5. The Kier molecular flexibility index (Phi) is 12.5. The van der Waals surface area contributed by atoms with Crippen LogP contribution in [0.1, 0.15) is 52.7 Å². The van der Waals surface area contributed by atoms with Crippen LogP contribution in [0.5, 0.6) is 0 Å². The maximum Gasteiger partial charge on any atom is 0.276 e. The summed E-state index contributed by atoms with van der Waals surface area (Å²) in [5, 5.41) is 3.75. The molecule has 0 bridgehead atoms. The van der Waals surface area contributed by atoms with Crippen LogP contribution in [0.15, 0.2) is 63.4 Å². The van der Waals surface area contributed by atoms with Crippen molar-refractivity contribution in [3.05, 3.63) is 59.7 Å². The van der Waals surface area contributed by atoms with Gasteiger partial charge in [-0.3, -0.25) is 5.84 Å². The number of hydrogen-bond donors (Lipinski definition) is 3. The predicted molar refractivity (Wildman–Crippen MR) is 141 cm³/mol.